The van der Waals surface area contributed by atoms with Gasteiger partial charge in [-0.1, -0.05) is 0 Å². The van der Waals surface area contributed by atoms with Crippen LogP contribution in [0.3, 0.4) is 0 Å². The van der Waals surface area contributed by atoms with Gasteiger partial charge in [0, 0.05) is 0 Å². The van der Waals surface area contributed by atoms with Gasteiger partial charge in [-0.3, -0.25) is 0 Å². The van der Waals surface area contributed by atoms with E-state index in [0.717, 1.165) is 0 Å². The molecular formula is C10H11FO4. The summed E-state index contributed by atoms with van der Waals surface area (Å²) in [5.74, 6) is -0.882. The van der Waals surface area contributed by atoms with Crippen molar-refractivity contribution in [1.82, 2.24) is 0 Å². The summed E-state index contributed by atoms with van der Waals surface area (Å²) in [7, 11) is 0. The van der Waals surface area contributed by atoms with Crippen LogP contribution in [-0.4, -0.2) is 24.0 Å². The van der Waals surface area contributed by atoms with Gasteiger partial charge in [0.15, 0.2) is 0 Å². The fourth-order valence-electron chi connectivity index (χ4n) is 0.951. The number of benzene rings is 1. The molecule has 0 saturated heterocycles. The van der Waals surface area contributed by atoms with Crippen LogP contribution in [0, 0.1) is 0 Å². The Morgan fingerprint density at radius 3 is 2.40 bits per heavy atom. The Balaban J connectivity index is 2.60. The summed E-state index contributed by atoms with van der Waals surface area (Å²) in [6, 6.07) is 6.04. The highest BCUT2D eigenvalue weighted by Gasteiger charge is 2.16. The van der Waals surface area contributed by atoms with Crippen molar-refractivity contribution >= 4 is 5.97 Å². The number of halogens is 1. The number of carboxylic acid groups (broad SMARTS) is 1. The molecule has 0 saturated carbocycles. The van der Waals surface area contributed by atoms with Crippen LogP contribution >= 0.6 is 0 Å². The van der Waals surface area contributed by atoms with Gasteiger partial charge in [-0.25, -0.2) is 4.79 Å². The third-order valence-corrected chi connectivity index (χ3v) is 1.57. The Hall–Kier alpha value is -1.78. The monoisotopic (exact) mass is 214 g/mol. The predicted molar refractivity (Wildman–Crippen MR) is 50.8 cm³/mol. The molecule has 15 heavy (non-hydrogen) atoms. The quantitative estimate of drug-likeness (QED) is 0.812. The van der Waals surface area contributed by atoms with Gasteiger partial charge < -0.3 is 14.6 Å². The molecule has 0 aromatic heterocycles. The van der Waals surface area contributed by atoms with Crippen LogP contribution in [0.5, 0.6) is 11.5 Å². The number of ether oxygens (including phenoxy) is 2. The summed E-state index contributed by atoms with van der Waals surface area (Å²) in [6.45, 7) is 2.37. The molecule has 1 atom stereocenters. The van der Waals surface area contributed by atoms with Crippen LogP contribution in [-0.2, 0) is 4.79 Å². The summed E-state index contributed by atoms with van der Waals surface area (Å²) in [6.07, 6.45) is -2.34. The first kappa shape index (κ1) is 11.3. The highest BCUT2D eigenvalue weighted by atomic mass is 19.1. The number of rotatable bonds is 5. The van der Waals surface area contributed by atoms with Crippen molar-refractivity contribution < 1.29 is 23.8 Å². The lowest BCUT2D eigenvalue weighted by atomic mass is 10.3. The van der Waals surface area contributed by atoms with Gasteiger partial charge in [-0.05, 0) is 31.2 Å². The first-order chi connectivity index (χ1) is 7.13. The standard InChI is InChI=1S/C10H11FO4/c1-2-14-7-3-5-8(6-4-7)15-9(11)10(12)13/h3-6,9H,2H2,1H3,(H,12,13). The van der Waals surface area contributed by atoms with Crippen molar-refractivity contribution in [1.29, 1.82) is 0 Å². The fraction of sp³-hybridized carbons (Fsp3) is 0.300. The van der Waals surface area contributed by atoms with Gasteiger partial charge in [-0.2, -0.15) is 4.39 Å². The lowest BCUT2D eigenvalue weighted by Gasteiger charge is -2.08. The average molecular weight is 214 g/mol. The number of hydrogen-bond donors (Lipinski definition) is 1. The second kappa shape index (κ2) is 5.19. The molecule has 0 fully saturated rings. The third-order valence-electron chi connectivity index (χ3n) is 1.57. The number of aliphatic carboxylic acids is 1. The second-order valence-electron chi connectivity index (χ2n) is 2.68. The summed E-state index contributed by atoms with van der Waals surface area (Å²) in [5.41, 5.74) is 0. The zero-order valence-corrected chi connectivity index (χ0v) is 8.14. The lowest BCUT2D eigenvalue weighted by molar-refractivity contribution is -0.153. The van der Waals surface area contributed by atoms with Crippen molar-refractivity contribution in [3.05, 3.63) is 24.3 Å². The van der Waals surface area contributed by atoms with Crippen molar-refractivity contribution in [2.24, 2.45) is 0 Å². The molecule has 0 amide bonds. The molecule has 1 unspecified atom stereocenters. The molecule has 82 valence electrons. The lowest BCUT2D eigenvalue weighted by Crippen LogP contribution is -2.21. The topological polar surface area (TPSA) is 55.8 Å². The summed E-state index contributed by atoms with van der Waals surface area (Å²) >= 11 is 0. The van der Waals surface area contributed by atoms with Gasteiger partial charge in [0.2, 0.25) is 0 Å². The fourth-order valence-corrected chi connectivity index (χ4v) is 0.951. The Morgan fingerprint density at radius 1 is 1.40 bits per heavy atom. The average Bonchev–Trinajstić information content (AvgIpc) is 2.21. The van der Waals surface area contributed by atoms with Crippen LogP contribution < -0.4 is 9.47 Å². The molecule has 5 heteroatoms. The van der Waals surface area contributed by atoms with Crippen LogP contribution in [0.1, 0.15) is 6.92 Å². The highest BCUT2D eigenvalue weighted by Crippen LogP contribution is 2.18. The maximum atomic E-state index is 12.6. The minimum Gasteiger partial charge on any atom is -0.494 e. The SMILES string of the molecule is CCOc1ccc(OC(F)C(=O)O)cc1. The Kier molecular flexibility index (Phi) is 3.91. The normalized spacial score (nSPS) is 11.9. The van der Waals surface area contributed by atoms with Crippen LogP contribution in [0.2, 0.25) is 0 Å². The predicted octanol–water partition coefficient (Wildman–Crippen LogP) is 1.84. The number of carbonyl (C=O) groups is 1. The first-order valence-corrected chi connectivity index (χ1v) is 4.40. The molecule has 0 aliphatic rings. The van der Waals surface area contributed by atoms with Crippen LogP contribution in [0.25, 0.3) is 0 Å². The molecule has 0 aliphatic heterocycles. The van der Waals surface area contributed by atoms with Gasteiger partial charge in [0.05, 0.1) is 6.61 Å². The molecule has 0 heterocycles. The largest absolute Gasteiger partial charge is 0.494 e. The van der Waals surface area contributed by atoms with Gasteiger partial charge >= 0.3 is 12.3 Å². The van der Waals surface area contributed by atoms with E-state index in [0.29, 0.717) is 12.4 Å². The molecule has 1 aromatic rings. The molecule has 0 radical (unpaired) electrons. The molecule has 0 spiro atoms. The molecule has 1 aromatic carbocycles. The van der Waals surface area contributed by atoms with E-state index in [4.69, 9.17) is 9.84 Å². The Morgan fingerprint density at radius 2 is 1.93 bits per heavy atom. The van der Waals surface area contributed by atoms with Crippen molar-refractivity contribution in [2.45, 2.75) is 13.3 Å². The zero-order chi connectivity index (χ0) is 11.3. The number of hydrogen-bond acceptors (Lipinski definition) is 3. The van der Waals surface area contributed by atoms with Gasteiger partial charge in [-0.15, -0.1) is 0 Å². The van der Waals surface area contributed by atoms with E-state index in [-0.39, 0.29) is 5.75 Å². The van der Waals surface area contributed by atoms with Crippen molar-refractivity contribution in [2.75, 3.05) is 6.61 Å². The molecule has 0 aliphatic carbocycles. The van der Waals surface area contributed by atoms with Crippen LogP contribution in [0.4, 0.5) is 4.39 Å². The minimum atomic E-state index is -2.34. The second-order valence-corrected chi connectivity index (χ2v) is 2.68. The van der Waals surface area contributed by atoms with Crippen molar-refractivity contribution in [3.63, 3.8) is 0 Å². The molecule has 0 bridgehead atoms. The van der Waals surface area contributed by atoms with E-state index in [1.54, 1.807) is 12.1 Å². The summed E-state index contributed by atoms with van der Waals surface area (Å²) in [5, 5.41) is 8.26. The maximum absolute atomic E-state index is 12.6. The van der Waals surface area contributed by atoms with E-state index in [1.807, 2.05) is 6.92 Å². The molecular weight excluding hydrogens is 203 g/mol. The van der Waals surface area contributed by atoms with E-state index in [2.05, 4.69) is 4.74 Å². The van der Waals surface area contributed by atoms with Crippen LogP contribution in [0.15, 0.2) is 24.3 Å². The van der Waals surface area contributed by atoms with Gasteiger partial charge in [0.25, 0.3) is 0 Å². The third kappa shape index (κ3) is 3.46. The summed E-state index contributed by atoms with van der Waals surface area (Å²) < 4.78 is 22.2. The maximum Gasteiger partial charge on any atom is 0.378 e. The van der Waals surface area contributed by atoms with E-state index in [1.165, 1.54) is 12.1 Å². The smallest absolute Gasteiger partial charge is 0.378 e. The number of carboxylic acids is 1. The van der Waals surface area contributed by atoms with E-state index in [9.17, 15) is 9.18 Å². The van der Waals surface area contributed by atoms with E-state index >= 15 is 0 Å². The Bertz CT molecular complexity index is 323. The molecule has 1 rings (SSSR count). The van der Waals surface area contributed by atoms with Gasteiger partial charge in [0.1, 0.15) is 11.5 Å². The molecule has 1 N–H and O–H groups in total. The molecule has 4 nitrogen and oxygen atoms in total. The van der Waals surface area contributed by atoms with Crippen molar-refractivity contribution in [3.8, 4) is 11.5 Å². The summed E-state index contributed by atoms with van der Waals surface area (Å²) in [4.78, 5) is 10.1. The van der Waals surface area contributed by atoms with E-state index < -0.39 is 12.3 Å². The Labute approximate surface area is 86.2 Å². The zero-order valence-electron chi connectivity index (χ0n) is 8.14. The number of alkyl halides is 1. The first-order valence-electron chi connectivity index (χ1n) is 4.40. The highest BCUT2D eigenvalue weighted by molar-refractivity contribution is 5.70. The minimum absolute atomic E-state index is 0.147.